The molecule has 0 saturated carbocycles. The molecule has 0 aliphatic carbocycles. The van der Waals surface area contributed by atoms with Crippen LogP contribution in [0.2, 0.25) is 0 Å². The van der Waals surface area contributed by atoms with Crippen molar-refractivity contribution in [2.24, 2.45) is 0 Å². The van der Waals surface area contributed by atoms with E-state index >= 15 is 0 Å². The number of para-hydroxylation sites is 1. The van der Waals surface area contributed by atoms with Gasteiger partial charge in [-0.2, -0.15) is 8.42 Å². The third-order valence-electron chi connectivity index (χ3n) is 3.61. The molecule has 8 heteroatoms. The number of hydrogen-bond donors (Lipinski definition) is 1. The fourth-order valence-electron chi connectivity index (χ4n) is 2.58. The summed E-state index contributed by atoms with van der Waals surface area (Å²) < 4.78 is 41.1. The summed E-state index contributed by atoms with van der Waals surface area (Å²) in [7, 11) is -4.02. The topological polar surface area (TPSA) is 90.7 Å². The number of morpholine rings is 1. The minimum atomic E-state index is -4.02. The highest BCUT2D eigenvalue weighted by Crippen LogP contribution is 2.31. The number of aromatic nitrogens is 1. The van der Waals surface area contributed by atoms with E-state index in [1.165, 1.54) is 6.92 Å². The lowest BCUT2D eigenvalue weighted by Crippen LogP contribution is -2.33. The minimum absolute atomic E-state index is 0.0324. The first-order valence-electron chi connectivity index (χ1n) is 7.27. The molecule has 1 unspecified atom stereocenters. The van der Waals surface area contributed by atoms with Crippen molar-refractivity contribution in [3.8, 4) is 5.75 Å². The van der Waals surface area contributed by atoms with Crippen LogP contribution in [0, 0.1) is 13.8 Å². The van der Waals surface area contributed by atoms with Crippen LogP contribution in [-0.4, -0.2) is 33.3 Å². The molecule has 1 fully saturated rings. The van der Waals surface area contributed by atoms with Gasteiger partial charge in [-0.05, 0) is 19.9 Å². The van der Waals surface area contributed by atoms with Gasteiger partial charge in [0.25, 0.3) is 0 Å². The molecule has 124 valence electrons. The van der Waals surface area contributed by atoms with Gasteiger partial charge in [-0.15, -0.1) is 0 Å². The van der Waals surface area contributed by atoms with E-state index in [9.17, 15) is 8.42 Å². The van der Waals surface area contributed by atoms with Gasteiger partial charge in [-0.3, -0.25) is 0 Å². The van der Waals surface area contributed by atoms with Gasteiger partial charge in [-0.1, -0.05) is 23.4 Å². The van der Waals surface area contributed by atoms with Gasteiger partial charge in [0.1, 0.15) is 11.4 Å². The molecule has 1 aromatic heterocycles. The SMILES string of the molecule is Cc1noc(C)c1S(=O)(=O)Oc1ccccc1C1CNCCO1. The zero-order valence-corrected chi connectivity index (χ0v) is 13.7. The number of nitrogens with zero attached hydrogens (tertiary/aromatic N) is 1. The summed E-state index contributed by atoms with van der Waals surface area (Å²) in [4.78, 5) is -0.0324. The van der Waals surface area contributed by atoms with Crippen LogP contribution < -0.4 is 9.50 Å². The van der Waals surface area contributed by atoms with Gasteiger partial charge in [0.05, 0.1) is 12.7 Å². The molecule has 7 nitrogen and oxygen atoms in total. The third kappa shape index (κ3) is 3.24. The number of nitrogens with one attached hydrogen (secondary N) is 1. The van der Waals surface area contributed by atoms with Crippen molar-refractivity contribution in [1.82, 2.24) is 10.5 Å². The average Bonchev–Trinajstić information content (AvgIpc) is 2.88. The molecule has 1 N–H and O–H groups in total. The predicted octanol–water partition coefficient (Wildman–Crippen LogP) is 1.72. The van der Waals surface area contributed by atoms with Crippen molar-refractivity contribution in [2.75, 3.05) is 19.7 Å². The predicted molar refractivity (Wildman–Crippen MR) is 81.8 cm³/mol. The number of ether oxygens (including phenoxy) is 1. The number of benzene rings is 1. The van der Waals surface area contributed by atoms with Crippen LogP contribution in [0.4, 0.5) is 0 Å². The zero-order chi connectivity index (χ0) is 16.4. The molecule has 2 heterocycles. The van der Waals surface area contributed by atoms with Gasteiger partial charge in [0.2, 0.25) is 0 Å². The van der Waals surface area contributed by atoms with E-state index in [2.05, 4.69) is 10.5 Å². The molecule has 1 aliphatic heterocycles. The molecule has 0 spiro atoms. The Balaban J connectivity index is 1.94. The first-order chi connectivity index (χ1) is 11.0. The van der Waals surface area contributed by atoms with E-state index < -0.39 is 10.1 Å². The standard InChI is InChI=1S/C15H18N2O5S/c1-10-15(11(2)21-17-10)23(18,19)22-13-6-4-3-5-12(13)14-9-16-7-8-20-14/h3-6,14,16H,7-9H2,1-2H3. The van der Waals surface area contributed by atoms with E-state index in [0.717, 1.165) is 6.54 Å². The van der Waals surface area contributed by atoms with Crippen LogP contribution in [-0.2, 0) is 14.9 Å². The van der Waals surface area contributed by atoms with Crippen LogP contribution in [0.25, 0.3) is 0 Å². The lowest BCUT2D eigenvalue weighted by atomic mass is 10.1. The van der Waals surface area contributed by atoms with Gasteiger partial charge >= 0.3 is 10.1 Å². The highest BCUT2D eigenvalue weighted by Gasteiger charge is 2.28. The Labute approximate surface area is 134 Å². The van der Waals surface area contributed by atoms with Gasteiger partial charge < -0.3 is 18.8 Å². The molecule has 0 bridgehead atoms. The third-order valence-corrected chi connectivity index (χ3v) is 5.09. The summed E-state index contributed by atoms with van der Waals surface area (Å²) >= 11 is 0. The fourth-order valence-corrected chi connectivity index (χ4v) is 3.84. The van der Waals surface area contributed by atoms with Crippen LogP contribution >= 0.6 is 0 Å². The highest BCUT2D eigenvalue weighted by atomic mass is 32.2. The second-order valence-corrected chi connectivity index (χ2v) is 6.78. The maximum atomic E-state index is 12.6. The lowest BCUT2D eigenvalue weighted by molar-refractivity contribution is 0.0268. The van der Waals surface area contributed by atoms with Crippen molar-refractivity contribution >= 4 is 10.1 Å². The minimum Gasteiger partial charge on any atom is -0.378 e. The Kier molecular flexibility index (Phi) is 4.38. The Hall–Kier alpha value is -1.90. The Bertz CT molecular complexity index is 774. The van der Waals surface area contributed by atoms with Crippen molar-refractivity contribution in [3.05, 3.63) is 41.3 Å². The largest absolute Gasteiger partial charge is 0.378 e. The van der Waals surface area contributed by atoms with E-state index in [4.69, 9.17) is 13.4 Å². The lowest BCUT2D eigenvalue weighted by Gasteiger charge is -2.25. The molecular formula is C15H18N2O5S. The quantitative estimate of drug-likeness (QED) is 0.849. The summed E-state index contributed by atoms with van der Waals surface area (Å²) in [5.74, 6) is 0.455. The van der Waals surface area contributed by atoms with E-state index in [1.807, 2.05) is 6.07 Å². The van der Waals surface area contributed by atoms with E-state index in [-0.39, 0.29) is 28.2 Å². The number of hydrogen-bond acceptors (Lipinski definition) is 7. The molecule has 1 aromatic carbocycles. The molecular weight excluding hydrogens is 320 g/mol. The van der Waals surface area contributed by atoms with Crippen molar-refractivity contribution in [3.63, 3.8) is 0 Å². The highest BCUT2D eigenvalue weighted by molar-refractivity contribution is 7.87. The summed E-state index contributed by atoms with van der Waals surface area (Å²) in [6, 6.07) is 6.96. The van der Waals surface area contributed by atoms with Crippen LogP contribution in [0.3, 0.4) is 0 Å². The molecule has 0 radical (unpaired) electrons. The Morgan fingerprint density at radius 1 is 1.30 bits per heavy atom. The van der Waals surface area contributed by atoms with E-state index in [0.29, 0.717) is 18.7 Å². The molecule has 1 atom stereocenters. The normalized spacial score (nSPS) is 18.8. The summed E-state index contributed by atoms with van der Waals surface area (Å²) in [6.45, 7) is 5.04. The second kappa shape index (κ2) is 6.31. The van der Waals surface area contributed by atoms with Crippen LogP contribution in [0.15, 0.2) is 33.7 Å². The van der Waals surface area contributed by atoms with Crippen molar-refractivity contribution < 1.29 is 21.9 Å². The fraction of sp³-hybridized carbons (Fsp3) is 0.400. The monoisotopic (exact) mass is 338 g/mol. The molecule has 23 heavy (non-hydrogen) atoms. The zero-order valence-electron chi connectivity index (χ0n) is 12.9. The van der Waals surface area contributed by atoms with Gasteiger partial charge in [-0.25, -0.2) is 0 Å². The maximum absolute atomic E-state index is 12.6. The first-order valence-corrected chi connectivity index (χ1v) is 8.68. The van der Waals surface area contributed by atoms with Crippen LogP contribution in [0.1, 0.15) is 23.1 Å². The second-order valence-electron chi connectivity index (χ2n) is 5.29. The molecule has 3 rings (SSSR count). The van der Waals surface area contributed by atoms with Gasteiger partial charge in [0, 0.05) is 18.7 Å². The van der Waals surface area contributed by atoms with Gasteiger partial charge in [0.15, 0.2) is 10.7 Å². The average molecular weight is 338 g/mol. The maximum Gasteiger partial charge on any atom is 0.344 e. The molecule has 1 saturated heterocycles. The summed E-state index contributed by atoms with van der Waals surface area (Å²) in [6.07, 6.45) is -0.250. The van der Waals surface area contributed by atoms with Crippen molar-refractivity contribution in [2.45, 2.75) is 24.8 Å². The Morgan fingerprint density at radius 2 is 2.09 bits per heavy atom. The number of rotatable bonds is 4. The Morgan fingerprint density at radius 3 is 2.74 bits per heavy atom. The molecule has 0 amide bonds. The first kappa shape index (κ1) is 16.0. The van der Waals surface area contributed by atoms with Crippen LogP contribution in [0.5, 0.6) is 5.75 Å². The molecule has 2 aromatic rings. The van der Waals surface area contributed by atoms with Crippen molar-refractivity contribution in [1.29, 1.82) is 0 Å². The smallest absolute Gasteiger partial charge is 0.344 e. The summed E-state index contributed by atoms with van der Waals surface area (Å²) in [5, 5.41) is 6.88. The van der Waals surface area contributed by atoms with E-state index in [1.54, 1.807) is 25.1 Å². The number of aryl methyl sites for hydroxylation is 2. The molecule has 1 aliphatic rings. The summed E-state index contributed by atoms with van der Waals surface area (Å²) in [5.41, 5.74) is 0.964.